The molecule has 16 heavy (non-hydrogen) atoms. The van der Waals surface area contributed by atoms with Gasteiger partial charge in [-0.05, 0) is 38.1 Å². The highest BCUT2D eigenvalue weighted by Crippen LogP contribution is 2.28. The first-order chi connectivity index (χ1) is 7.86. The van der Waals surface area contributed by atoms with Crippen LogP contribution in [0.5, 0.6) is 0 Å². The standard InChI is InChI=1S/C12H21N3O/c16-12-5-1-3-10(12)4-2-6-13-7-11-8-14-9-15-11/h8-10,12-13,16H,1-7H2,(H,14,15). The van der Waals surface area contributed by atoms with E-state index < -0.39 is 0 Å². The molecule has 1 heterocycles. The molecule has 2 atom stereocenters. The maximum absolute atomic E-state index is 9.66. The van der Waals surface area contributed by atoms with E-state index in [4.69, 9.17) is 0 Å². The summed E-state index contributed by atoms with van der Waals surface area (Å²) < 4.78 is 0. The molecule has 0 saturated heterocycles. The molecule has 1 saturated carbocycles. The number of imidazole rings is 1. The highest BCUT2D eigenvalue weighted by Gasteiger charge is 2.24. The third kappa shape index (κ3) is 3.32. The lowest BCUT2D eigenvalue weighted by molar-refractivity contribution is 0.127. The highest BCUT2D eigenvalue weighted by molar-refractivity contribution is 4.92. The van der Waals surface area contributed by atoms with Crippen LogP contribution in [0.15, 0.2) is 12.5 Å². The van der Waals surface area contributed by atoms with E-state index in [1.54, 1.807) is 6.33 Å². The number of aromatic amines is 1. The third-order valence-corrected chi connectivity index (χ3v) is 3.42. The monoisotopic (exact) mass is 223 g/mol. The zero-order valence-electron chi connectivity index (χ0n) is 9.65. The molecule has 90 valence electrons. The Morgan fingerprint density at radius 2 is 2.44 bits per heavy atom. The van der Waals surface area contributed by atoms with E-state index in [1.165, 1.54) is 12.8 Å². The van der Waals surface area contributed by atoms with Gasteiger partial charge in [0.25, 0.3) is 0 Å². The average molecular weight is 223 g/mol. The largest absolute Gasteiger partial charge is 0.393 e. The fourth-order valence-corrected chi connectivity index (χ4v) is 2.45. The van der Waals surface area contributed by atoms with Crippen molar-refractivity contribution in [3.8, 4) is 0 Å². The molecule has 1 aromatic heterocycles. The van der Waals surface area contributed by atoms with Crippen molar-refractivity contribution >= 4 is 0 Å². The number of hydrogen-bond acceptors (Lipinski definition) is 3. The summed E-state index contributed by atoms with van der Waals surface area (Å²) in [4.78, 5) is 7.03. The number of H-pyrrole nitrogens is 1. The number of aromatic nitrogens is 2. The molecule has 1 aliphatic carbocycles. The molecule has 2 rings (SSSR count). The summed E-state index contributed by atoms with van der Waals surface area (Å²) in [5.74, 6) is 0.550. The van der Waals surface area contributed by atoms with Crippen molar-refractivity contribution in [1.82, 2.24) is 15.3 Å². The molecule has 0 bridgehead atoms. The van der Waals surface area contributed by atoms with Gasteiger partial charge in [0.05, 0.1) is 12.4 Å². The van der Waals surface area contributed by atoms with Crippen molar-refractivity contribution in [2.45, 2.75) is 44.8 Å². The molecule has 4 heteroatoms. The third-order valence-electron chi connectivity index (χ3n) is 3.42. The quantitative estimate of drug-likeness (QED) is 0.640. The van der Waals surface area contributed by atoms with Crippen molar-refractivity contribution in [1.29, 1.82) is 0 Å². The normalized spacial score (nSPS) is 25.1. The predicted molar refractivity (Wildman–Crippen MR) is 62.9 cm³/mol. The first-order valence-corrected chi connectivity index (χ1v) is 6.22. The zero-order valence-corrected chi connectivity index (χ0v) is 9.65. The van der Waals surface area contributed by atoms with Crippen molar-refractivity contribution in [2.75, 3.05) is 6.54 Å². The van der Waals surface area contributed by atoms with Gasteiger partial charge >= 0.3 is 0 Å². The Bertz CT molecular complexity index is 286. The SMILES string of the molecule is OC1CCCC1CCCNCc1cnc[nH]1. The molecule has 1 aliphatic rings. The number of rotatable bonds is 6. The van der Waals surface area contributed by atoms with Gasteiger partial charge in [0.1, 0.15) is 0 Å². The Kier molecular flexibility index (Phi) is 4.36. The lowest BCUT2D eigenvalue weighted by Gasteiger charge is -2.13. The molecule has 1 aromatic rings. The number of aliphatic hydroxyl groups excluding tert-OH is 1. The van der Waals surface area contributed by atoms with Gasteiger partial charge in [-0.25, -0.2) is 4.98 Å². The van der Waals surface area contributed by atoms with Crippen molar-refractivity contribution < 1.29 is 5.11 Å². The van der Waals surface area contributed by atoms with Crippen LogP contribution >= 0.6 is 0 Å². The first-order valence-electron chi connectivity index (χ1n) is 6.22. The minimum Gasteiger partial charge on any atom is -0.393 e. The molecule has 0 amide bonds. The smallest absolute Gasteiger partial charge is 0.0922 e. The van der Waals surface area contributed by atoms with Crippen LogP contribution in [0.1, 0.15) is 37.8 Å². The maximum atomic E-state index is 9.66. The molecule has 1 fully saturated rings. The van der Waals surface area contributed by atoms with Crippen LogP contribution in [0.4, 0.5) is 0 Å². The highest BCUT2D eigenvalue weighted by atomic mass is 16.3. The summed E-state index contributed by atoms with van der Waals surface area (Å²) in [6.07, 6.45) is 9.22. The molecule has 0 spiro atoms. The summed E-state index contributed by atoms with van der Waals surface area (Å²) >= 11 is 0. The molecule has 0 radical (unpaired) electrons. The van der Waals surface area contributed by atoms with Gasteiger partial charge < -0.3 is 15.4 Å². The van der Waals surface area contributed by atoms with Gasteiger partial charge in [-0.1, -0.05) is 6.42 Å². The molecular formula is C12H21N3O. The Hall–Kier alpha value is -0.870. The lowest BCUT2D eigenvalue weighted by atomic mass is 10.00. The fourth-order valence-electron chi connectivity index (χ4n) is 2.45. The second-order valence-electron chi connectivity index (χ2n) is 4.65. The second-order valence-corrected chi connectivity index (χ2v) is 4.65. The topological polar surface area (TPSA) is 60.9 Å². The summed E-state index contributed by atoms with van der Waals surface area (Å²) in [5, 5.41) is 13.0. The van der Waals surface area contributed by atoms with E-state index in [9.17, 15) is 5.11 Å². The predicted octanol–water partition coefficient (Wildman–Crippen LogP) is 1.44. The van der Waals surface area contributed by atoms with Crippen molar-refractivity contribution in [3.63, 3.8) is 0 Å². The van der Waals surface area contributed by atoms with Gasteiger partial charge in [0, 0.05) is 18.4 Å². The van der Waals surface area contributed by atoms with Gasteiger partial charge in [-0.15, -0.1) is 0 Å². The number of nitrogens with zero attached hydrogens (tertiary/aromatic N) is 1. The van der Waals surface area contributed by atoms with Gasteiger partial charge in [-0.3, -0.25) is 0 Å². The summed E-state index contributed by atoms with van der Waals surface area (Å²) in [6, 6.07) is 0. The molecule has 0 aromatic carbocycles. The van der Waals surface area contributed by atoms with Gasteiger partial charge in [0.15, 0.2) is 0 Å². The molecule has 3 N–H and O–H groups in total. The van der Waals surface area contributed by atoms with E-state index in [1.807, 2.05) is 6.20 Å². The fraction of sp³-hybridized carbons (Fsp3) is 0.750. The minimum atomic E-state index is -0.0346. The average Bonchev–Trinajstić information content (AvgIpc) is 2.90. The summed E-state index contributed by atoms with van der Waals surface area (Å²) in [7, 11) is 0. The van der Waals surface area contributed by atoms with Gasteiger partial charge in [-0.2, -0.15) is 0 Å². The Labute approximate surface area is 96.5 Å². The minimum absolute atomic E-state index is 0.0346. The molecular weight excluding hydrogens is 202 g/mol. The van der Waals surface area contributed by atoms with Crippen LogP contribution in [0.2, 0.25) is 0 Å². The number of hydrogen-bond donors (Lipinski definition) is 3. The second kappa shape index (κ2) is 6.01. The first kappa shape index (κ1) is 11.6. The Morgan fingerprint density at radius 3 is 3.12 bits per heavy atom. The van der Waals surface area contributed by atoms with E-state index in [2.05, 4.69) is 15.3 Å². The zero-order chi connectivity index (χ0) is 11.2. The van der Waals surface area contributed by atoms with Crippen LogP contribution < -0.4 is 5.32 Å². The van der Waals surface area contributed by atoms with E-state index in [0.29, 0.717) is 5.92 Å². The van der Waals surface area contributed by atoms with Crippen LogP contribution in [-0.4, -0.2) is 27.7 Å². The van der Waals surface area contributed by atoms with Crippen molar-refractivity contribution in [2.24, 2.45) is 5.92 Å². The van der Waals surface area contributed by atoms with Gasteiger partial charge in [0.2, 0.25) is 0 Å². The molecule has 0 aliphatic heterocycles. The summed E-state index contributed by atoms with van der Waals surface area (Å²) in [6.45, 7) is 1.87. The van der Waals surface area contributed by atoms with Crippen LogP contribution in [0.25, 0.3) is 0 Å². The number of nitrogens with one attached hydrogen (secondary N) is 2. The van der Waals surface area contributed by atoms with Crippen molar-refractivity contribution in [3.05, 3.63) is 18.2 Å². The van der Waals surface area contributed by atoms with Crippen LogP contribution in [0, 0.1) is 5.92 Å². The van der Waals surface area contributed by atoms with E-state index in [-0.39, 0.29) is 6.10 Å². The van der Waals surface area contributed by atoms with Crippen LogP contribution in [-0.2, 0) is 6.54 Å². The molecule has 2 unspecified atom stereocenters. The van der Waals surface area contributed by atoms with E-state index >= 15 is 0 Å². The maximum Gasteiger partial charge on any atom is 0.0922 e. The summed E-state index contributed by atoms with van der Waals surface area (Å²) in [5.41, 5.74) is 1.13. The number of aliphatic hydroxyl groups is 1. The Balaban J connectivity index is 1.52. The lowest BCUT2D eigenvalue weighted by Crippen LogP contribution is -2.18. The van der Waals surface area contributed by atoms with Crippen LogP contribution in [0.3, 0.4) is 0 Å². The van der Waals surface area contributed by atoms with E-state index in [0.717, 1.165) is 38.0 Å². The molecule has 4 nitrogen and oxygen atoms in total. The Morgan fingerprint density at radius 1 is 1.50 bits per heavy atom.